The smallest absolute Gasteiger partial charge is 0.337 e. The molecule has 1 aliphatic rings. The first-order valence-corrected chi connectivity index (χ1v) is 7.91. The lowest BCUT2D eigenvalue weighted by Crippen LogP contribution is -2.11. The summed E-state index contributed by atoms with van der Waals surface area (Å²) in [4.78, 5) is 12.9. The molecule has 3 nitrogen and oxygen atoms in total. The molecule has 0 saturated carbocycles. The summed E-state index contributed by atoms with van der Waals surface area (Å²) in [7, 11) is 1.37. The molecule has 21 heavy (non-hydrogen) atoms. The molecule has 0 saturated heterocycles. The topological polar surface area (TPSA) is 38.3 Å². The zero-order chi connectivity index (χ0) is 14.8. The minimum Gasteiger partial charge on any atom is -0.465 e. The number of ether oxygens (including phenoxy) is 1. The van der Waals surface area contributed by atoms with Crippen LogP contribution in [0.2, 0.25) is 5.02 Å². The van der Waals surface area contributed by atoms with Gasteiger partial charge in [0, 0.05) is 10.6 Å². The van der Waals surface area contributed by atoms with Crippen LogP contribution in [-0.2, 0) is 4.74 Å². The summed E-state index contributed by atoms with van der Waals surface area (Å²) < 4.78 is 4.74. The van der Waals surface area contributed by atoms with Gasteiger partial charge < -0.3 is 10.1 Å². The van der Waals surface area contributed by atoms with Gasteiger partial charge >= 0.3 is 5.97 Å². The van der Waals surface area contributed by atoms with Gasteiger partial charge in [-0.1, -0.05) is 29.8 Å². The fraction of sp³-hybridized carbons (Fsp3) is 0.188. The van der Waals surface area contributed by atoms with Gasteiger partial charge in [-0.25, -0.2) is 4.79 Å². The molecular formula is C16H14ClNO2S. The second kappa shape index (κ2) is 6.00. The van der Waals surface area contributed by atoms with Crippen molar-refractivity contribution in [1.29, 1.82) is 0 Å². The average Bonchev–Trinajstić information content (AvgIpc) is 2.92. The van der Waals surface area contributed by atoms with Crippen molar-refractivity contribution in [2.24, 2.45) is 0 Å². The van der Waals surface area contributed by atoms with Gasteiger partial charge in [-0.2, -0.15) is 0 Å². The number of thioether (sulfide) groups is 1. The predicted molar refractivity (Wildman–Crippen MR) is 86.3 cm³/mol. The Balaban J connectivity index is 1.87. The number of anilines is 1. The molecule has 0 radical (unpaired) electrons. The Morgan fingerprint density at radius 2 is 2.14 bits per heavy atom. The van der Waals surface area contributed by atoms with E-state index in [9.17, 15) is 4.79 Å². The Bertz CT molecular complexity index is 690. The van der Waals surface area contributed by atoms with Crippen LogP contribution in [0.4, 0.5) is 5.69 Å². The molecule has 1 atom stereocenters. The van der Waals surface area contributed by atoms with Gasteiger partial charge in [0.05, 0.1) is 29.4 Å². The number of hydrogen-bond donors (Lipinski definition) is 1. The van der Waals surface area contributed by atoms with E-state index in [1.54, 1.807) is 18.2 Å². The minimum absolute atomic E-state index is 0.191. The van der Waals surface area contributed by atoms with Crippen molar-refractivity contribution in [3.8, 4) is 0 Å². The summed E-state index contributed by atoms with van der Waals surface area (Å²) >= 11 is 8.05. The zero-order valence-corrected chi connectivity index (χ0v) is 13.0. The number of carbonyl (C=O) groups is 1. The predicted octanol–water partition coefficient (Wildman–Crippen LogP) is 4.39. The van der Waals surface area contributed by atoms with Gasteiger partial charge in [-0.15, -0.1) is 11.8 Å². The number of benzene rings is 2. The summed E-state index contributed by atoms with van der Waals surface area (Å²) in [6.45, 7) is 0. The number of esters is 1. The fourth-order valence-electron chi connectivity index (χ4n) is 2.35. The molecule has 0 fully saturated rings. The Morgan fingerprint density at radius 3 is 2.95 bits per heavy atom. The molecule has 0 amide bonds. The van der Waals surface area contributed by atoms with Gasteiger partial charge in [0.1, 0.15) is 0 Å². The van der Waals surface area contributed by atoms with E-state index in [2.05, 4.69) is 17.4 Å². The van der Waals surface area contributed by atoms with Gasteiger partial charge in [0.15, 0.2) is 0 Å². The number of fused-ring (bicyclic) bond motifs is 1. The highest BCUT2D eigenvalue weighted by atomic mass is 35.5. The van der Waals surface area contributed by atoms with Crippen LogP contribution >= 0.6 is 23.4 Å². The van der Waals surface area contributed by atoms with E-state index in [4.69, 9.17) is 16.3 Å². The lowest BCUT2D eigenvalue weighted by Gasteiger charge is -2.16. The van der Waals surface area contributed by atoms with Gasteiger partial charge in [0.2, 0.25) is 0 Å². The molecule has 1 N–H and O–H groups in total. The largest absolute Gasteiger partial charge is 0.465 e. The monoisotopic (exact) mass is 319 g/mol. The third-order valence-corrected chi connectivity index (χ3v) is 4.93. The van der Waals surface area contributed by atoms with Crippen LogP contribution in [-0.4, -0.2) is 18.8 Å². The van der Waals surface area contributed by atoms with Crippen molar-refractivity contribution in [1.82, 2.24) is 0 Å². The van der Waals surface area contributed by atoms with Gasteiger partial charge in [-0.3, -0.25) is 0 Å². The normalized spacial score (nSPS) is 16.4. The lowest BCUT2D eigenvalue weighted by atomic mass is 10.1. The molecule has 108 valence electrons. The molecule has 1 unspecified atom stereocenters. The van der Waals surface area contributed by atoms with Crippen molar-refractivity contribution < 1.29 is 9.53 Å². The molecule has 2 aromatic carbocycles. The second-order valence-corrected chi connectivity index (χ2v) is 6.20. The second-order valence-electron chi connectivity index (χ2n) is 4.73. The maximum absolute atomic E-state index is 11.6. The molecule has 0 aromatic heterocycles. The number of rotatable bonds is 3. The van der Waals surface area contributed by atoms with Crippen LogP contribution in [0.3, 0.4) is 0 Å². The number of hydrogen-bond acceptors (Lipinski definition) is 4. The van der Waals surface area contributed by atoms with E-state index in [1.807, 2.05) is 23.9 Å². The molecule has 1 aliphatic heterocycles. The number of methoxy groups -OCH3 is 1. The first-order valence-electron chi connectivity index (χ1n) is 6.55. The standard InChI is InChI=1S/C16H14ClNO2S/c1-20-16(19)10-6-7-12(17)13(8-10)18-14-9-21-15-5-3-2-4-11(14)15/h2-8,14,18H,9H2,1H3. The summed E-state index contributed by atoms with van der Waals surface area (Å²) in [5.74, 6) is 0.578. The zero-order valence-electron chi connectivity index (χ0n) is 11.4. The van der Waals surface area contributed by atoms with Crippen molar-refractivity contribution in [3.05, 3.63) is 58.6 Å². The van der Waals surface area contributed by atoms with E-state index < -0.39 is 0 Å². The maximum atomic E-state index is 11.6. The molecule has 1 heterocycles. The molecule has 2 aromatic rings. The minimum atomic E-state index is -0.365. The van der Waals surface area contributed by atoms with Crippen LogP contribution in [0.1, 0.15) is 22.0 Å². The first kappa shape index (κ1) is 14.3. The fourth-order valence-corrected chi connectivity index (χ4v) is 3.68. The van der Waals surface area contributed by atoms with Crippen LogP contribution in [0, 0.1) is 0 Å². The van der Waals surface area contributed by atoms with E-state index in [-0.39, 0.29) is 12.0 Å². The Kier molecular flexibility index (Phi) is 4.08. The molecule has 0 aliphatic carbocycles. The quantitative estimate of drug-likeness (QED) is 0.852. The molecule has 3 rings (SSSR count). The molecule has 0 spiro atoms. The average molecular weight is 320 g/mol. The SMILES string of the molecule is COC(=O)c1ccc(Cl)c(NC2CSc3ccccc32)c1. The van der Waals surface area contributed by atoms with E-state index in [0.29, 0.717) is 10.6 Å². The number of nitrogens with one attached hydrogen (secondary N) is 1. The van der Waals surface area contributed by atoms with Crippen molar-refractivity contribution >= 4 is 35.0 Å². The number of carbonyl (C=O) groups excluding carboxylic acids is 1. The maximum Gasteiger partial charge on any atom is 0.337 e. The van der Waals surface area contributed by atoms with Crippen LogP contribution in [0.15, 0.2) is 47.4 Å². The molecule has 0 bridgehead atoms. The van der Waals surface area contributed by atoms with E-state index >= 15 is 0 Å². The van der Waals surface area contributed by atoms with Crippen LogP contribution < -0.4 is 5.32 Å². The third kappa shape index (κ3) is 2.87. The molecule has 5 heteroatoms. The summed E-state index contributed by atoms with van der Waals surface area (Å²) in [5, 5.41) is 4.02. The Hall–Kier alpha value is -1.65. The molecular weight excluding hydrogens is 306 g/mol. The Labute approximate surface area is 132 Å². The Morgan fingerprint density at radius 1 is 1.33 bits per heavy atom. The van der Waals surface area contributed by atoms with Crippen molar-refractivity contribution in [2.45, 2.75) is 10.9 Å². The van der Waals surface area contributed by atoms with E-state index in [0.717, 1.165) is 11.4 Å². The highest BCUT2D eigenvalue weighted by Crippen LogP contribution is 2.40. The highest BCUT2D eigenvalue weighted by molar-refractivity contribution is 7.99. The highest BCUT2D eigenvalue weighted by Gasteiger charge is 2.23. The van der Waals surface area contributed by atoms with E-state index in [1.165, 1.54) is 17.6 Å². The summed E-state index contributed by atoms with van der Waals surface area (Å²) in [6, 6.07) is 13.6. The van der Waals surface area contributed by atoms with Crippen molar-refractivity contribution in [2.75, 3.05) is 18.2 Å². The van der Waals surface area contributed by atoms with Crippen LogP contribution in [0.25, 0.3) is 0 Å². The first-order chi connectivity index (χ1) is 10.2. The summed E-state index contributed by atoms with van der Waals surface area (Å²) in [6.07, 6.45) is 0. The lowest BCUT2D eigenvalue weighted by molar-refractivity contribution is 0.0601. The summed E-state index contributed by atoms with van der Waals surface area (Å²) in [5.41, 5.74) is 2.51. The van der Waals surface area contributed by atoms with Gasteiger partial charge in [-0.05, 0) is 29.8 Å². The number of halogens is 1. The van der Waals surface area contributed by atoms with Crippen molar-refractivity contribution in [3.63, 3.8) is 0 Å². The van der Waals surface area contributed by atoms with Crippen LogP contribution in [0.5, 0.6) is 0 Å². The third-order valence-electron chi connectivity index (χ3n) is 3.42. The van der Waals surface area contributed by atoms with Gasteiger partial charge in [0.25, 0.3) is 0 Å².